The lowest BCUT2D eigenvalue weighted by atomic mass is 9.80. The van der Waals surface area contributed by atoms with E-state index >= 15 is 0 Å². The second-order valence-corrected chi connectivity index (χ2v) is 16.7. The van der Waals surface area contributed by atoms with Gasteiger partial charge in [-0.15, -0.1) is 0 Å². The average molecular weight is 817 g/mol. The second kappa shape index (κ2) is 16.7. The molecule has 300 valence electrons. The predicted molar refractivity (Wildman–Crippen MR) is 215 cm³/mol. The van der Waals surface area contributed by atoms with Gasteiger partial charge in [-0.3, -0.25) is 9.36 Å². The number of hydrogen-bond acceptors (Lipinski definition) is 13. The Morgan fingerprint density at radius 2 is 1.53 bits per heavy atom. The molecule has 0 radical (unpaired) electrons. The topological polar surface area (TPSA) is 176 Å². The van der Waals surface area contributed by atoms with Crippen LogP contribution >= 0.6 is 12.2 Å². The number of anilines is 1. The number of amides is 1. The summed E-state index contributed by atoms with van der Waals surface area (Å²) in [5.41, 5.74) is 1.77. The molecule has 2 aliphatic rings. The number of nitrogens with zero attached hydrogens (tertiary/aromatic N) is 5. The summed E-state index contributed by atoms with van der Waals surface area (Å²) in [6.07, 6.45) is -1.72. The Hall–Kier alpha value is -5.20. The number of aliphatic hydroxyl groups excluding tert-OH is 1. The Kier molecular flexibility index (Phi) is 11.7. The first kappa shape index (κ1) is 40.0. The summed E-state index contributed by atoms with van der Waals surface area (Å²) in [5, 5.41) is 15.0. The van der Waals surface area contributed by atoms with Crippen LogP contribution in [-0.2, 0) is 34.4 Å². The number of carbonyl (C=O) groups is 1. The van der Waals surface area contributed by atoms with E-state index in [1.807, 2.05) is 78.9 Å². The van der Waals surface area contributed by atoms with Crippen molar-refractivity contribution in [3.63, 3.8) is 0 Å². The molecular formula is C40H44N6O9S2. The van der Waals surface area contributed by atoms with Gasteiger partial charge in [0.05, 0.1) is 38.7 Å². The highest BCUT2D eigenvalue weighted by Gasteiger charge is 2.50. The monoisotopic (exact) mass is 816 g/mol. The first-order valence-corrected chi connectivity index (χ1v) is 20.6. The number of ether oxygens (including phenoxy) is 5. The maximum atomic E-state index is 12.6. The number of imidazole rings is 1. The number of hydrogen-bond donors (Lipinski definition) is 2. The van der Waals surface area contributed by atoms with E-state index in [0.717, 1.165) is 16.7 Å². The van der Waals surface area contributed by atoms with Crippen LogP contribution in [-0.4, -0.2) is 113 Å². The predicted octanol–water partition coefficient (Wildman–Crippen LogP) is 4.11. The van der Waals surface area contributed by atoms with Crippen molar-refractivity contribution < 1.29 is 42.0 Å². The van der Waals surface area contributed by atoms with Crippen LogP contribution in [0.25, 0.3) is 11.2 Å². The first-order valence-electron chi connectivity index (χ1n) is 18.4. The number of nitrogens with one attached hydrogen (secondary N) is 1. The van der Waals surface area contributed by atoms with E-state index in [4.69, 9.17) is 35.9 Å². The maximum Gasteiger partial charge on any atom is 0.259 e. The summed E-state index contributed by atoms with van der Waals surface area (Å²) in [5.74, 6) is 0.828. The molecule has 2 fully saturated rings. The molecule has 2 aromatic heterocycles. The van der Waals surface area contributed by atoms with Gasteiger partial charge in [-0.2, -0.15) is 0 Å². The molecule has 15 nitrogen and oxygen atoms in total. The van der Waals surface area contributed by atoms with Gasteiger partial charge in [0, 0.05) is 19.0 Å². The van der Waals surface area contributed by atoms with Crippen molar-refractivity contribution in [1.29, 1.82) is 0 Å². The molecule has 2 N–H and O–H groups in total. The summed E-state index contributed by atoms with van der Waals surface area (Å²) < 4.78 is 57.1. The van der Waals surface area contributed by atoms with Crippen molar-refractivity contribution in [3.8, 4) is 11.5 Å². The number of thiocarbonyl (C=S) groups is 1. The molecule has 7 rings (SSSR count). The minimum absolute atomic E-state index is 0.0168. The van der Waals surface area contributed by atoms with Crippen LogP contribution < -0.4 is 14.8 Å². The van der Waals surface area contributed by atoms with Gasteiger partial charge in [-0.25, -0.2) is 23.4 Å². The number of fused-ring (bicyclic) bond motifs is 1. The van der Waals surface area contributed by atoms with Crippen molar-refractivity contribution in [3.05, 3.63) is 108 Å². The molecule has 0 spiro atoms. The molecule has 4 atom stereocenters. The number of aromatic nitrogens is 4. The molecule has 2 unspecified atom stereocenters. The van der Waals surface area contributed by atoms with Gasteiger partial charge in [0.2, 0.25) is 5.91 Å². The van der Waals surface area contributed by atoms with E-state index in [2.05, 4.69) is 20.3 Å². The van der Waals surface area contributed by atoms with Crippen LogP contribution in [0.2, 0.25) is 0 Å². The molecule has 17 heteroatoms. The van der Waals surface area contributed by atoms with E-state index in [-0.39, 0.29) is 54.0 Å². The summed E-state index contributed by atoms with van der Waals surface area (Å²) in [6, 6.07) is 24.9. The molecular weight excluding hydrogens is 773 g/mol. The van der Waals surface area contributed by atoms with E-state index in [1.54, 1.807) is 37.5 Å². The number of methoxy groups -OCH3 is 2. The van der Waals surface area contributed by atoms with Crippen molar-refractivity contribution in [2.24, 2.45) is 5.92 Å². The van der Waals surface area contributed by atoms with Crippen LogP contribution in [0.1, 0.15) is 36.8 Å². The highest BCUT2D eigenvalue weighted by atomic mass is 32.2. The SMILES string of the molecule is COc1ccc(C(OC[C@H]2O[C@@H](n3cnc4c(NC(=O)C(C)C)ncnc43)C(OC(=S)N3CCS(=O)(=O)CC3)C2O)(c2ccccc2)c2ccc(OC)cc2)cc1. The van der Waals surface area contributed by atoms with Crippen molar-refractivity contribution >= 4 is 50.1 Å². The van der Waals surface area contributed by atoms with Crippen LogP contribution in [0.4, 0.5) is 5.82 Å². The van der Waals surface area contributed by atoms with Crippen molar-refractivity contribution in [2.45, 2.75) is 44.0 Å². The van der Waals surface area contributed by atoms with Gasteiger partial charge < -0.3 is 39.0 Å². The Labute approximate surface area is 335 Å². The summed E-state index contributed by atoms with van der Waals surface area (Å²) >= 11 is 5.70. The Bertz CT molecular complexity index is 2250. The van der Waals surface area contributed by atoms with Gasteiger partial charge in [-0.1, -0.05) is 68.4 Å². The Morgan fingerprint density at radius 3 is 2.11 bits per heavy atom. The molecule has 5 aromatic rings. The van der Waals surface area contributed by atoms with Gasteiger partial charge in [0.1, 0.15) is 35.6 Å². The van der Waals surface area contributed by atoms with Crippen LogP contribution in [0, 0.1) is 5.92 Å². The second-order valence-electron chi connectivity index (χ2n) is 14.0. The smallest absolute Gasteiger partial charge is 0.259 e. The highest BCUT2D eigenvalue weighted by Crippen LogP contribution is 2.43. The molecule has 2 aliphatic heterocycles. The first-order chi connectivity index (χ1) is 27.4. The summed E-state index contributed by atoms with van der Waals surface area (Å²) in [7, 11) is 0.00148. The van der Waals surface area contributed by atoms with E-state index in [0.29, 0.717) is 22.7 Å². The average Bonchev–Trinajstić information content (AvgIpc) is 3.79. The molecule has 57 heavy (non-hydrogen) atoms. The summed E-state index contributed by atoms with van der Waals surface area (Å²) in [4.78, 5) is 27.5. The van der Waals surface area contributed by atoms with Crippen LogP contribution in [0.3, 0.4) is 0 Å². The molecule has 0 aliphatic carbocycles. The molecule has 2 saturated heterocycles. The molecule has 0 saturated carbocycles. The minimum atomic E-state index is -3.20. The molecule has 1 amide bonds. The number of benzene rings is 3. The highest BCUT2D eigenvalue weighted by molar-refractivity contribution is 7.91. The Morgan fingerprint density at radius 1 is 0.930 bits per heavy atom. The third kappa shape index (κ3) is 8.15. The zero-order chi connectivity index (χ0) is 40.3. The zero-order valence-electron chi connectivity index (χ0n) is 31.8. The van der Waals surface area contributed by atoms with E-state index in [1.165, 1.54) is 12.7 Å². The zero-order valence-corrected chi connectivity index (χ0v) is 33.5. The summed E-state index contributed by atoms with van der Waals surface area (Å²) in [6.45, 7) is 3.68. The van der Waals surface area contributed by atoms with Gasteiger partial charge in [0.25, 0.3) is 5.17 Å². The van der Waals surface area contributed by atoms with Crippen molar-refractivity contribution in [2.75, 3.05) is 50.7 Å². The quantitative estimate of drug-likeness (QED) is 0.136. The molecule has 4 heterocycles. The van der Waals surface area contributed by atoms with Gasteiger partial charge in [-0.05, 0) is 53.2 Å². The fourth-order valence-corrected chi connectivity index (χ4v) is 8.46. The van der Waals surface area contributed by atoms with Crippen molar-refractivity contribution in [1.82, 2.24) is 24.4 Å². The fraction of sp³-hybridized carbons (Fsp3) is 0.375. The number of sulfone groups is 1. The van der Waals surface area contributed by atoms with Crippen LogP contribution in [0.15, 0.2) is 91.5 Å². The standard InChI is InChI=1S/C40H44N6O9S2/c1-25(2)37(48)44-35-32-36(42-23-41-35)46(24-43-32)38-34(55-39(56)45-18-20-57(49,50)21-19-45)33(47)31(54-38)22-53-40(26-8-6-5-7-9-26,27-10-14-29(51-3)15-11-27)28-12-16-30(52-4)17-13-28/h5-17,23-25,31,33-34,38,47H,18-22H2,1-4H3,(H,41,42,44,48)/t31-,33?,34?,38-/m1/s1. The normalized spacial score (nSPS) is 20.7. The fourth-order valence-electron chi connectivity index (χ4n) is 6.96. The lowest BCUT2D eigenvalue weighted by Crippen LogP contribution is -2.47. The molecule has 3 aromatic carbocycles. The number of carbonyl (C=O) groups excluding carboxylic acids is 1. The largest absolute Gasteiger partial charge is 0.497 e. The van der Waals surface area contributed by atoms with Crippen LogP contribution in [0.5, 0.6) is 11.5 Å². The molecule has 0 bridgehead atoms. The maximum absolute atomic E-state index is 12.6. The van der Waals surface area contributed by atoms with Gasteiger partial charge >= 0.3 is 0 Å². The lowest BCUT2D eigenvalue weighted by Gasteiger charge is -2.37. The minimum Gasteiger partial charge on any atom is -0.497 e. The lowest BCUT2D eigenvalue weighted by molar-refractivity contribution is -0.118. The Balaban J connectivity index is 1.27. The number of aliphatic hydroxyl groups is 1. The third-order valence-electron chi connectivity index (χ3n) is 10.2. The third-order valence-corrected chi connectivity index (χ3v) is 12.2. The van der Waals surface area contributed by atoms with E-state index < -0.39 is 40.0 Å². The van der Waals surface area contributed by atoms with E-state index in [9.17, 15) is 18.3 Å². The number of rotatable bonds is 12. The van der Waals surface area contributed by atoms with Gasteiger partial charge in [0.15, 0.2) is 39.2 Å².